The molecule has 9 heteroatoms. The summed E-state index contributed by atoms with van der Waals surface area (Å²) in [5.74, 6) is -0.918. The molecule has 2 rings (SSSR count). The second-order valence-electron chi connectivity index (χ2n) is 7.05. The highest BCUT2D eigenvalue weighted by atomic mass is 79.9. The zero-order chi connectivity index (χ0) is 20.9. The smallest absolute Gasteiger partial charge is 0.408 e. The SMILES string of the molecule is CC(NC(=O)OC(C)(C)C)C(=O)Nn1ccc(Br)c1C(=O)Nc1ccccc1. The summed E-state index contributed by atoms with van der Waals surface area (Å²) in [7, 11) is 0. The number of ether oxygens (including phenoxy) is 1. The lowest BCUT2D eigenvalue weighted by molar-refractivity contribution is -0.118. The molecule has 8 nitrogen and oxygen atoms in total. The fourth-order valence-corrected chi connectivity index (χ4v) is 2.69. The van der Waals surface area contributed by atoms with Crippen molar-refractivity contribution < 1.29 is 19.1 Å². The predicted octanol–water partition coefficient (Wildman–Crippen LogP) is 3.49. The number of halogens is 1. The van der Waals surface area contributed by atoms with E-state index in [1.54, 1.807) is 51.1 Å². The van der Waals surface area contributed by atoms with Crippen LogP contribution in [-0.2, 0) is 9.53 Å². The lowest BCUT2D eigenvalue weighted by Gasteiger charge is -2.22. The minimum atomic E-state index is -0.874. The fourth-order valence-electron chi connectivity index (χ4n) is 2.20. The monoisotopic (exact) mass is 450 g/mol. The van der Waals surface area contributed by atoms with Gasteiger partial charge in [0.2, 0.25) is 0 Å². The first-order chi connectivity index (χ1) is 13.1. The number of para-hydroxylation sites is 1. The van der Waals surface area contributed by atoms with Gasteiger partial charge in [0.15, 0.2) is 0 Å². The molecule has 0 saturated carbocycles. The Labute approximate surface area is 171 Å². The molecular formula is C19H23BrN4O4. The van der Waals surface area contributed by atoms with E-state index in [1.165, 1.54) is 17.8 Å². The summed E-state index contributed by atoms with van der Waals surface area (Å²) in [6, 6.07) is 9.71. The maximum absolute atomic E-state index is 12.6. The highest BCUT2D eigenvalue weighted by Gasteiger charge is 2.23. The number of anilines is 1. The number of aromatic nitrogens is 1. The molecule has 0 aliphatic heterocycles. The van der Waals surface area contributed by atoms with E-state index >= 15 is 0 Å². The Bertz CT molecular complexity index is 859. The zero-order valence-corrected chi connectivity index (χ0v) is 17.7. The van der Waals surface area contributed by atoms with Crippen molar-refractivity contribution in [1.82, 2.24) is 9.99 Å². The average molecular weight is 451 g/mol. The quantitative estimate of drug-likeness (QED) is 0.648. The summed E-state index contributed by atoms with van der Waals surface area (Å²) < 4.78 is 6.93. The molecule has 0 saturated heterocycles. The summed E-state index contributed by atoms with van der Waals surface area (Å²) in [5, 5.41) is 5.21. The Hall–Kier alpha value is -2.81. The molecule has 1 unspecified atom stereocenters. The lowest BCUT2D eigenvalue weighted by Crippen LogP contribution is -2.46. The minimum absolute atomic E-state index is 0.210. The van der Waals surface area contributed by atoms with Gasteiger partial charge in [0.05, 0.1) is 4.47 Å². The Balaban J connectivity index is 2.05. The van der Waals surface area contributed by atoms with Crippen LogP contribution in [0.3, 0.4) is 0 Å². The molecule has 3 N–H and O–H groups in total. The van der Waals surface area contributed by atoms with Crippen LogP contribution in [-0.4, -0.2) is 34.2 Å². The fraction of sp³-hybridized carbons (Fsp3) is 0.316. The molecule has 0 aliphatic rings. The van der Waals surface area contributed by atoms with Gasteiger partial charge < -0.3 is 15.4 Å². The van der Waals surface area contributed by atoms with Gasteiger partial charge >= 0.3 is 6.09 Å². The van der Waals surface area contributed by atoms with E-state index in [0.717, 1.165) is 0 Å². The maximum atomic E-state index is 12.6. The van der Waals surface area contributed by atoms with Gasteiger partial charge in [0, 0.05) is 11.9 Å². The van der Waals surface area contributed by atoms with E-state index in [4.69, 9.17) is 4.74 Å². The molecule has 1 aromatic heterocycles. The third-order valence-corrected chi connectivity index (χ3v) is 4.08. The molecule has 3 amide bonds. The molecule has 0 spiro atoms. The number of nitrogens with zero attached hydrogens (tertiary/aromatic N) is 1. The van der Waals surface area contributed by atoms with E-state index in [9.17, 15) is 14.4 Å². The first kappa shape index (κ1) is 21.5. The third kappa shape index (κ3) is 6.12. The van der Waals surface area contributed by atoms with E-state index in [2.05, 4.69) is 32.0 Å². The normalized spacial score (nSPS) is 12.0. The first-order valence-corrected chi connectivity index (χ1v) is 9.40. The number of amides is 3. The van der Waals surface area contributed by atoms with Crippen LogP contribution in [0.5, 0.6) is 0 Å². The van der Waals surface area contributed by atoms with Gasteiger partial charge in [-0.15, -0.1) is 0 Å². The van der Waals surface area contributed by atoms with Crippen molar-refractivity contribution in [3.63, 3.8) is 0 Å². The second kappa shape index (κ2) is 8.92. The molecular weight excluding hydrogens is 428 g/mol. The van der Waals surface area contributed by atoms with E-state index in [1.807, 2.05) is 6.07 Å². The number of hydrogen-bond donors (Lipinski definition) is 3. The number of alkyl carbamates (subject to hydrolysis) is 1. The maximum Gasteiger partial charge on any atom is 0.408 e. The molecule has 0 aliphatic carbocycles. The van der Waals surface area contributed by atoms with Crippen LogP contribution in [0, 0.1) is 0 Å². The average Bonchev–Trinajstić information content (AvgIpc) is 2.94. The minimum Gasteiger partial charge on any atom is -0.444 e. The van der Waals surface area contributed by atoms with Gasteiger partial charge in [-0.05, 0) is 61.8 Å². The van der Waals surface area contributed by atoms with Crippen molar-refractivity contribution in [3.8, 4) is 0 Å². The Morgan fingerprint density at radius 1 is 1.11 bits per heavy atom. The zero-order valence-electron chi connectivity index (χ0n) is 16.1. The number of hydrogen-bond acceptors (Lipinski definition) is 4. The van der Waals surface area contributed by atoms with Gasteiger partial charge in [0.1, 0.15) is 17.3 Å². The van der Waals surface area contributed by atoms with Crippen molar-refractivity contribution in [1.29, 1.82) is 0 Å². The van der Waals surface area contributed by atoms with Gasteiger partial charge in [-0.1, -0.05) is 18.2 Å². The van der Waals surface area contributed by atoms with Crippen molar-refractivity contribution >= 4 is 39.5 Å². The van der Waals surface area contributed by atoms with E-state index in [0.29, 0.717) is 10.2 Å². The van der Waals surface area contributed by atoms with Crippen LogP contribution >= 0.6 is 15.9 Å². The van der Waals surface area contributed by atoms with Crippen molar-refractivity contribution in [2.75, 3.05) is 10.7 Å². The molecule has 28 heavy (non-hydrogen) atoms. The summed E-state index contributed by atoms with van der Waals surface area (Å²) in [4.78, 5) is 36.8. The summed E-state index contributed by atoms with van der Waals surface area (Å²) >= 11 is 3.31. The van der Waals surface area contributed by atoms with Crippen LogP contribution in [0.15, 0.2) is 47.1 Å². The van der Waals surface area contributed by atoms with Crippen LogP contribution < -0.4 is 16.1 Å². The van der Waals surface area contributed by atoms with Crippen LogP contribution in [0.2, 0.25) is 0 Å². The predicted molar refractivity (Wildman–Crippen MR) is 110 cm³/mol. The Kier molecular flexibility index (Phi) is 6.85. The second-order valence-corrected chi connectivity index (χ2v) is 7.90. The van der Waals surface area contributed by atoms with Crippen LogP contribution in [0.1, 0.15) is 38.2 Å². The topological polar surface area (TPSA) is 101 Å². The Morgan fingerprint density at radius 3 is 2.36 bits per heavy atom. The van der Waals surface area contributed by atoms with Crippen molar-refractivity contribution in [2.45, 2.75) is 39.3 Å². The van der Waals surface area contributed by atoms with Gasteiger partial charge in [-0.2, -0.15) is 0 Å². The number of carbonyl (C=O) groups excluding carboxylic acids is 3. The van der Waals surface area contributed by atoms with Crippen molar-refractivity contribution in [3.05, 3.63) is 52.8 Å². The molecule has 0 bridgehead atoms. The van der Waals surface area contributed by atoms with E-state index < -0.39 is 29.6 Å². The molecule has 0 fully saturated rings. The van der Waals surface area contributed by atoms with E-state index in [-0.39, 0.29) is 5.69 Å². The summed E-state index contributed by atoms with van der Waals surface area (Å²) in [6.45, 7) is 6.70. The number of benzene rings is 1. The van der Waals surface area contributed by atoms with Gasteiger partial charge in [-0.25, -0.2) is 4.79 Å². The number of carbonyl (C=O) groups is 3. The largest absolute Gasteiger partial charge is 0.444 e. The van der Waals surface area contributed by atoms with Gasteiger partial charge in [-0.3, -0.25) is 19.7 Å². The summed E-state index contributed by atoms with van der Waals surface area (Å²) in [6.07, 6.45) is 0.827. The van der Waals surface area contributed by atoms with Crippen LogP contribution in [0.4, 0.5) is 10.5 Å². The van der Waals surface area contributed by atoms with Crippen molar-refractivity contribution in [2.24, 2.45) is 0 Å². The summed E-state index contributed by atoms with van der Waals surface area (Å²) in [5.41, 5.74) is 2.74. The number of nitrogens with one attached hydrogen (secondary N) is 3. The highest BCUT2D eigenvalue weighted by Crippen LogP contribution is 2.19. The standard InChI is InChI=1S/C19H23BrN4O4/c1-12(21-18(27)28-19(2,3)4)16(25)23-24-11-10-14(20)15(24)17(26)22-13-8-6-5-7-9-13/h5-12H,1-4H3,(H,21,27)(H,22,26)(H,23,25). The Morgan fingerprint density at radius 2 is 1.75 bits per heavy atom. The molecule has 2 aromatic rings. The highest BCUT2D eigenvalue weighted by molar-refractivity contribution is 9.10. The molecule has 1 atom stereocenters. The molecule has 1 heterocycles. The molecule has 150 valence electrons. The first-order valence-electron chi connectivity index (χ1n) is 8.60. The third-order valence-electron chi connectivity index (χ3n) is 3.44. The lowest BCUT2D eigenvalue weighted by atomic mass is 10.2. The molecule has 0 radical (unpaired) electrons. The van der Waals surface area contributed by atoms with Gasteiger partial charge in [0.25, 0.3) is 11.8 Å². The van der Waals surface area contributed by atoms with Crippen LogP contribution in [0.25, 0.3) is 0 Å². The molecule has 1 aromatic carbocycles. The number of rotatable bonds is 5.